The maximum Gasteiger partial charge on any atom is 0.276 e. The Morgan fingerprint density at radius 2 is 1.84 bits per heavy atom. The van der Waals surface area contributed by atoms with Gasteiger partial charge in [-0.25, -0.2) is 15.0 Å². The summed E-state index contributed by atoms with van der Waals surface area (Å²) in [6, 6.07) is 16.6. The topological polar surface area (TPSA) is 98.3 Å². The average Bonchev–Trinajstić information content (AvgIpc) is 3.27. The van der Waals surface area contributed by atoms with Crippen molar-refractivity contribution in [3.63, 3.8) is 0 Å². The van der Waals surface area contributed by atoms with Crippen molar-refractivity contribution < 1.29 is 14.3 Å². The summed E-state index contributed by atoms with van der Waals surface area (Å²) in [7, 11) is 3.19. The van der Waals surface area contributed by atoms with Crippen LogP contribution >= 0.6 is 11.3 Å². The van der Waals surface area contributed by atoms with Gasteiger partial charge in [-0.1, -0.05) is 18.2 Å². The molecule has 156 valence electrons. The molecular formula is C22H19N5O3S. The zero-order chi connectivity index (χ0) is 21.6. The van der Waals surface area contributed by atoms with Crippen LogP contribution in [0.1, 0.15) is 10.5 Å². The Hall–Kier alpha value is -3.98. The number of anilines is 3. The van der Waals surface area contributed by atoms with Crippen LogP contribution in [-0.4, -0.2) is 35.1 Å². The first kappa shape index (κ1) is 20.3. The van der Waals surface area contributed by atoms with E-state index in [4.69, 9.17) is 9.47 Å². The van der Waals surface area contributed by atoms with Crippen molar-refractivity contribution in [2.24, 2.45) is 0 Å². The average molecular weight is 433 g/mol. The van der Waals surface area contributed by atoms with E-state index in [0.29, 0.717) is 28.1 Å². The van der Waals surface area contributed by atoms with Crippen LogP contribution in [0.4, 0.5) is 16.6 Å². The maximum absolute atomic E-state index is 12.7. The number of carbonyl (C=O) groups is 1. The minimum atomic E-state index is -0.378. The van der Waals surface area contributed by atoms with Crippen molar-refractivity contribution in [2.75, 3.05) is 24.9 Å². The highest BCUT2D eigenvalue weighted by molar-refractivity contribution is 7.14. The highest BCUT2D eigenvalue weighted by Gasteiger charge is 2.15. The second-order valence-electron chi connectivity index (χ2n) is 6.34. The van der Waals surface area contributed by atoms with Gasteiger partial charge in [-0.2, -0.15) is 0 Å². The highest BCUT2D eigenvalue weighted by atomic mass is 32.1. The van der Waals surface area contributed by atoms with E-state index in [-0.39, 0.29) is 11.6 Å². The smallest absolute Gasteiger partial charge is 0.276 e. The summed E-state index contributed by atoms with van der Waals surface area (Å²) in [5.74, 6) is 1.49. The molecule has 9 heteroatoms. The number of nitrogens with one attached hydrogen (secondary N) is 2. The molecule has 0 saturated heterocycles. The standard InChI is InChI=1S/C22H19N5O3S/c1-29-15-8-9-19(30-2)16(10-15)18-12-31-22(26-18)27-21(28)17-11-20(24-13-23-17)25-14-6-4-3-5-7-14/h3-13H,1-2H3,(H,23,24,25)(H,26,27,28). The Labute approximate surface area is 182 Å². The van der Waals surface area contributed by atoms with Crippen molar-refractivity contribution in [1.29, 1.82) is 0 Å². The normalized spacial score (nSPS) is 10.4. The van der Waals surface area contributed by atoms with Gasteiger partial charge >= 0.3 is 0 Å². The van der Waals surface area contributed by atoms with E-state index in [1.807, 2.05) is 53.9 Å². The van der Waals surface area contributed by atoms with Gasteiger partial charge in [-0.05, 0) is 30.3 Å². The fourth-order valence-corrected chi connectivity index (χ4v) is 3.56. The van der Waals surface area contributed by atoms with Crippen molar-refractivity contribution in [2.45, 2.75) is 0 Å². The molecular weight excluding hydrogens is 414 g/mol. The zero-order valence-electron chi connectivity index (χ0n) is 16.8. The Morgan fingerprint density at radius 1 is 1.00 bits per heavy atom. The molecule has 0 fully saturated rings. The van der Waals surface area contributed by atoms with Crippen LogP contribution in [0.15, 0.2) is 66.3 Å². The molecule has 0 radical (unpaired) electrons. The van der Waals surface area contributed by atoms with Crippen molar-refractivity contribution in [3.8, 4) is 22.8 Å². The molecule has 2 N–H and O–H groups in total. The third-order valence-electron chi connectivity index (χ3n) is 4.35. The Kier molecular flexibility index (Phi) is 6.04. The molecule has 0 aliphatic carbocycles. The Morgan fingerprint density at radius 3 is 2.61 bits per heavy atom. The third-order valence-corrected chi connectivity index (χ3v) is 5.11. The molecule has 0 unspecified atom stereocenters. The van der Waals surface area contributed by atoms with Crippen LogP contribution in [-0.2, 0) is 0 Å². The SMILES string of the molecule is COc1ccc(OC)c(-c2csc(NC(=O)c3cc(Nc4ccccc4)ncn3)n2)c1. The molecule has 1 amide bonds. The lowest BCUT2D eigenvalue weighted by molar-refractivity contribution is 0.102. The predicted molar refractivity (Wildman–Crippen MR) is 120 cm³/mol. The van der Waals surface area contributed by atoms with Crippen LogP contribution in [0.25, 0.3) is 11.3 Å². The number of para-hydroxylation sites is 1. The fraction of sp³-hybridized carbons (Fsp3) is 0.0909. The number of ether oxygens (including phenoxy) is 2. The first-order chi connectivity index (χ1) is 15.2. The van der Waals surface area contributed by atoms with Crippen molar-refractivity contribution >= 4 is 33.9 Å². The minimum Gasteiger partial charge on any atom is -0.497 e. The van der Waals surface area contributed by atoms with Gasteiger partial charge in [0, 0.05) is 22.7 Å². The molecule has 4 rings (SSSR count). The van der Waals surface area contributed by atoms with Gasteiger partial charge in [-0.3, -0.25) is 10.1 Å². The summed E-state index contributed by atoms with van der Waals surface area (Å²) in [4.78, 5) is 25.4. The molecule has 2 aromatic carbocycles. The van der Waals surface area contributed by atoms with Crippen LogP contribution in [0.3, 0.4) is 0 Å². The Balaban J connectivity index is 1.50. The molecule has 4 aromatic rings. The number of carbonyl (C=O) groups excluding carboxylic acids is 1. The first-order valence-corrected chi connectivity index (χ1v) is 10.2. The molecule has 2 aromatic heterocycles. The minimum absolute atomic E-state index is 0.226. The summed E-state index contributed by atoms with van der Waals surface area (Å²) in [5.41, 5.74) is 2.54. The summed E-state index contributed by atoms with van der Waals surface area (Å²) < 4.78 is 10.7. The lowest BCUT2D eigenvalue weighted by Gasteiger charge is -2.08. The summed E-state index contributed by atoms with van der Waals surface area (Å²) in [6.45, 7) is 0. The van der Waals surface area contributed by atoms with Crippen LogP contribution < -0.4 is 20.1 Å². The van der Waals surface area contributed by atoms with E-state index in [1.165, 1.54) is 17.7 Å². The second kappa shape index (κ2) is 9.23. The van der Waals surface area contributed by atoms with Gasteiger partial charge in [0.05, 0.1) is 19.9 Å². The number of hydrogen-bond donors (Lipinski definition) is 2. The summed E-state index contributed by atoms with van der Waals surface area (Å²) in [5, 5.41) is 8.21. The monoisotopic (exact) mass is 433 g/mol. The van der Waals surface area contributed by atoms with E-state index in [0.717, 1.165) is 11.3 Å². The lowest BCUT2D eigenvalue weighted by Crippen LogP contribution is -2.14. The first-order valence-electron chi connectivity index (χ1n) is 9.29. The molecule has 31 heavy (non-hydrogen) atoms. The zero-order valence-corrected chi connectivity index (χ0v) is 17.6. The number of nitrogens with zero attached hydrogens (tertiary/aromatic N) is 3. The second-order valence-corrected chi connectivity index (χ2v) is 7.20. The van der Waals surface area contributed by atoms with Crippen LogP contribution in [0.5, 0.6) is 11.5 Å². The predicted octanol–water partition coefficient (Wildman–Crippen LogP) is 4.61. The third kappa shape index (κ3) is 4.78. The number of amides is 1. The number of thiazole rings is 1. The Bertz CT molecular complexity index is 1200. The maximum atomic E-state index is 12.7. The number of rotatable bonds is 7. The van der Waals surface area contributed by atoms with Gasteiger partial charge < -0.3 is 14.8 Å². The number of aromatic nitrogens is 3. The summed E-state index contributed by atoms with van der Waals surface area (Å²) in [6.07, 6.45) is 1.34. The molecule has 0 spiro atoms. The molecule has 2 heterocycles. The van der Waals surface area contributed by atoms with E-state index < -0.39 is 0 Å². The van der Waals surface area contributed by atoms with E-state index in [2.05, 4.69) is 25.6 Å². The van der Waals surface area contributed by atoms with Gasteiger partial charge in [0.25, 0.3) is 5.91 Å². The van der Waals surface area contributed by atoms with E-state index in [1.54, 1.807) is 20.3 Å². The highest BCUT2D eigenvalue weighted by Crippen LogP contribution is 2.35. The quantitative estimate of drug-likeness (QED) is 0.439. The number of benzene rings is 2. The number of methoxy groups -OCH3 is 2. The van der Waals surface area contributed by atoms with Gasteiger partial charge in [0.1, 0.15) is 29.3 Å². The van der Waals surface area contributed by atoms with Gasteiger partial charge in [0.2, 0.25) is 0 Å². The molecule has 0 bridgehead atoms. The van der Waals surface area contributed by atoms with Gasteiger partial charge in [-0.15, -0.1) is 11.3 Å². The van der Waals surface area contributed by atoms with E-state index in [9.17, 15) is 4.79 Å². The van der Waals surface area contributed by atoms with Crippen molar-refractivity contribution in [3.05, 3.63) is 72.0 Å². The molecule has 0 aliphatic heterocycles. The molecule has 0 atom stereocenters. The van der Waals surface area contributed by atoms with Gasteiger partial charge in [0.15, 0.2) is 5.13 Å². The number of hydrogen-bond acceptors (Lipinski definition) is 8. The fourth-order valence-electron chi connectivity index (χ4n) is 2.85. The molecule has 0 saturated carbocycles. The molecule has 0 aliphatic rings. The lowest BCUT2D eigenvalue weighted by atomic mass is 10.1. The van der Waals surface area contributed by atoms with E-state index >= 15 is 0 Å². The largest absolute Gasteiger partial charge is 0.497 e. The van der Waals surface area contributed by atoms with Crippen molar-refractivity contribution in [1.82, 2.24) is 15.0 Å². The van der Waals surface area contributed by atoms with Crippen LogP contribution in [0.2, 0.25) is 0 Å². The van der Waals surface area contributed by atoms with Crippen LogP contribution in [0, 0.1) is 0 Å². The molecule has 8 nitrogen and oxygen atoms in total. The summed E-state index contributed by atoms with van der Waals surface area (Å²) >= 11 is 1.31.